The summed E-state index contributed by atoms with van der Waals surface area (Å²) >= 11 is 1.30. The van der Waals surface area contributed by atoms with Crippen LogP contribution in [-0.4, -0.2) is 29.0 Å². The molecule has 152 valence electrons. The molecular weight excluding hydrogens is 405 g/mol. The van der Waals surface area contributed by atoms with Gasteiger partial charge in [-0.25, -0.2) is 18.2 Å². The van der Waals surface area contributed by atoms with Crippen molar-refractivity contribution in [3.8, 4) is 0 Å². The van der Waals surface area contributed by atoms with E-state index >= 15 is 0 Å². The van der Waals surface area contributed by atoms with Crippen LogP contribution < -0.4 is 4.90 Å². The van der Waals surface area contributed by atoms with Gasteiger partial charge < -0.3 is 4.74 Å². The summed E-state index contributed by atoms with van der Waals surface area (Å²) in [5, 5.41) is 0. The number of carbonyl (C=O) groups excluding carboxylic acids is 2. The lowest BCUT2D eigenvalue weighted by molar-refractivity contribution is -0.152. The number of amides is 1. The maximum Gasteiger partial charge on any atom is 0.326 e. The summed E-state index contributed by atoms with van der Waals surface area (Å²) in [6.07, 6.45) is 0. The predicted molar refractivity (Wildman–Crippen MR) is 103 cm³/mol. The molecule has 2 aromatic carbocycles. The van der Waals surface area contributed by atoms with Gasteiger partial charge in [0.2, 0.25) is 0 Å². The molecule has 0 spiro atoms. The van der Waals surface area contributed by atoms with Crippen LogP contribution in [0.2, 0.25) is 0 Å². The van der Waals surface area contributed by atoms with Crippen molar-refractivity contribution in [1.82, 2.24) is 4.98 Å². The molecule has 29 heavy (non-hydrogen) atoms. The Balaban J connectivity index is 2.04. The summed E-state index contributed by atoms with van der Waals surface area (Å²) in [4.78, 5) is 30.3. The molecule has 0 unspecified atom stereocenters. The fourth-order valence-electron chi connectivity index (χ4n) is 2.68. The second-order valence-electron chi connectivity index (χ2n) is 7.23. The molecule has 0 aliphatic rings. The molecule has 0 N–H and O–H groups in total. The van der Waals surface area contributed by atoms with Gasteiger partial charge in [0.15, 0.2) is 0 Å². The van der Waals surface area contributed by atoms with Crippen molar-refractivity contribution in [1.29, 1.82) is 0 Å². The van der Waals surface area contributed by atoms with Crippen LogP contribution in [-0.2, 0) is 9.53 Å². The van der Waals surface area contributed by atoms with Gasteiger partial charge in [-0.05, 0) is 39.0 Å². The lowest BCUT2D eigenvalue weighted by Crippen LogP contribution is -2.39. The number of aromatic nitrogens is 1. The molecule has 9 heteroatoms. The standard InChI is InChI=1S/C20H17F3N2O3S/c1-20(2,3)28-17(26)9-25(12-4-5-15-16(8-12)29-10-24-15)19(27)18-13(22)6-11(21)7-14(18)23/h4-8,10H,9H2,1-3H3. The van der Waals surface area contributed by atoms with Crippen LogP contribution in [0.3, 0.4) is 0 Å². The molecule has 1 amide bonds. The summed E-state index contributed by atoms with van der Waals surface area (Å²) in [5.41, 5.74) is 0.718. The average Bonchev–Trinajstić information content (AvgIpc) is 3.04. The maximum atomic E-state index is 14.2. The molecule has 0 saturated heterocycles. The Hall–Kier alpha value is -2.94. The number of benzene rings is 2. The average molecular weight is 422 g/mol. The number of esters is 1. The fourth-order valence-corrected chi connectivity index (χ4v) is 3.39. The van der Waals surface area contributed by atoms with E-state index in [-0.39, 0.29) is 5.69 Å². The number of hydrogen-bond acceptors (Lipinski definition) is 5. The third-order valence-corrected chi connectivity index (χ3v) is 4.59. The third-order valence-electron chi connectivity index (χ3n) is 3.80. The van der Waals surface area contributed by atoms with Crippen molar-refractivity contribution in [2.75, 3.05) is 11.4 Å². The SMILES string of the molecule is CC(C)(C)OC(=O)CN(C(=O)c1c(F)cc(F)cc1F)c1ccc2ncsc2c1. The molecule has 0 radical (unpaired) electrons. The van der Waals surface area contributed by atoms with Gasteiger partial charge in [-0.2, -0.15) is 0 Å². The lowest BCUT2D eigenvalue weighted by atomic mass is 10.1. The topological polar surface area (TPSA) is 59.5 Å². The number of nitrogens with zero attached hydrogens (tertiary/aromatic N) is 2. The first-order valence-corrected chi connectivity index (χ1v) is 9.44. The fraction of sp³-hybridized carbons (Fsp3) is 0.250. The van der Waals surface area contributed by atoms with Crippen molar-refractivity contribution >= 4 is 39.1 Å². The third kappa shape index (κ3) is 4.73. The smallest absolute Gasteiger partial charge is 0.326 e. The van der Waals surface area contributed by atoms with E-state index in [1.807, 2.05) is 0 Å². The van der Waals surface area contributed by atoms with Gasteiger partial charge >= 0.3 is 5.97 Å². The van der Waals surface area contributed by atoms with Gasteiger partial charge in [-0.15, -0.1) is 11.3 Å². The normalized spacial score (nSPS) is 11.5. The number of fused-ring (bicyclic) bond motifs is 1. The van der Waals surface area contributed by atoms with Gasteiger partial charge in [0.25, 0.3) is 5.91 Å². The van der Waals surface area contributed by atoms with E-state index in [2.05, 4.69) is 4.98 Å². The number of hydrogen-bond donors (Lipinski definition) is 0. The van der Waals surface area contributed by atoms with E-state index in [1.165, 1.54) is 17.4 Å². The monoisotopic (exact) mass is 422 g/mol. The van der Waals surface area contributed by atoms with Crippen molar-refractivity contribution in [3.05, 3.63) is 58.9 Å². The van der Waals surface area contributed by atoms with Crippen molar-refractivity contribution in [2.45, 2.75) is 26.4 Å². The summed E-state index contributed by atoms with van der Waals surface area (Å²) in [7, 11) is 0. The first kappa shape index (κ1) is 20.8. The van der Waals surface area contributed by atoms with Crippen LogP contribution in [0.5, 0.6) is 0 Å². The number of halogens is 3. The van der Waals surface area contributed by atoms with E-state index in [4.69, 9.17) is 4.74 Å². The molecule has 1 heterocycles. The van der Waals surface area contributed by atoms with E-state index in [0.29, 0.717) is 22.3 Å². The van der Waals surface area contributed by atoms with Crippen LogP contribution in [0, 0.1) is 17.5 Å². The number of ether oxygens (including phenoxy) is 1. The Kier molecular flexibility index (Phi) is 5.61. The Morgan fingerprint density at radius 2 is 1.76 bits per heavy atom. The highest BCUT2D eigenvalue weighted by atomic mass is 32.1. The minimum atomic E-state index is -1.36. The molecule has 3 rings (SSSR count). The number of thiazole rings is 1. The van der Waals surface area contributed by atoms with Gasteiger partial charge in [-0.3, -0.25) is 14.5 Å². The highest BCUT2D eigenvalue weighted by Gasteiger charge is 2.29. The first-order valence-electron chi connectivity index (χ1n) is 8.56. The van der Waals surface area contributed by atoms with E-state index in [1.54, 1.807) is 38.4 Å². The molecule has 0 aliphatic heterocycles. The number of carbonyl (C=O) groups is 2. The maximum absolute atomic E-state index is 14.2. The zero-order chi connectivity index (χ0) is 21.3. The predicted octanol–water partition coefficient (Wildman–Crippen LogP) is 4.70. The highest BCUT2D eigenvalue weighted by Crippen LogP contribution is 2.27. The molecule has 0 fully saturated rings. The number of rotatable bonds is 4. The van der Waals surface area contributed by atoms with Gasteiger partial charge in [0, 0.05) is 17.8 Å². The zero-order valence-electron chi connectivity index (χ0n) is 15.8. The Morgan fingerprint density at radius 1 is 1.10 bits per heavy atom. The van der Waals surface area contributed by atoms with Crippen LogP contribution in [0.1, 0.15) is 31.1 Å². The quantitative estimate of drug-likeness (QED) is 0.572. The summed E-state index contributed by atoms with van der Waals surface area (Å²) in [6.45, 7) is 4.37. The Bertz CT molecular complexity index is 1070. The van der Waals surface area contributed by atoms with Crippen molar-refractivity contribution < 1.29 is 27.5 Å². The summed E-state index contributed by atoms with van der Waals surface area (Å²) < 4.78 is 47.6. The van der Waals surface area contributed by atoms with Crippen molar-refractivity contribution in [2.24, 2.45) is 0 Å². The van der Waals surface area contributed by atoms with Gasteiger partial charge in [-0.1, -0.05) is 0 Å². The Labute approximate surface area is 168 Å². The second-order valence-corrected chi connectivity index (χ2v) is 8.11. The van der Waals surface area contributed by atoms with Crippen LogP contribution in [0.25, 0.3) is 10.2 Å². The molecule has 0 atom stereocenters. The summed E-state index contributed by atoms with van der Waals surface area (Å²) in [6, 6.07) is 5.52. The van der Waals surface area contributed by atoms with E-state index in [9.17, 15) is 22.8 Å². The number of anilines is 1. The van der Waals surface area contributed by atoms with Crippen molar-refractivity contribution in [3.63, 3.8) is 0 Å². The minimum Gasteiger partial charge on any atom is -0.459 e. The Morgan fingerprint density at radius 3 is 2.38 bits per heavy atom. The minimum absolute atomic E-state index is 0.223. The van der Waals surface area contributed by atoms with Crippen LogP contribution >= 0.6 is 11.3 Å². The molecule has 0 bridgehead atoms. The molecule has 1 aromatic heterocycles. The van der Waals surface area contributed by atoms with Gasteiger partial charge in [0.05, 0.1) is 15.7 Å². The van der Waals surface area contributed by atoms with Gasteiger partial charge in [0.1, 0.15) is 35.2 Å². The molecule has 3 aromatic rings. The highest BCUT2D eigenvalue weighted by molar-refractivity contribution is 7.16. The lowest BCUT2D eigenvalue weighted by Gasteiger charge is -2.25. The first-order chi connectivity index (χ1) is 13.5. The van der Waals surface area contributed by atoms with E-state index < -0.39 is 47.0 Å². The molecule has 0 saturated carbocycles. The zero-order valence-corrected chi connectivity index (χ0v) is 16.6. The largest absolute Gasteiger partial charge is 0.459 e. The summed E-state index contributed by atoms with van der Waals surface area (Å²) in [5.74, 6) is -5.77. The van der Waals surface area contributed by atoms with E-state index in [0.717, 1.165) is 4.90 Å². The molecular formula is C20H17F3N2O3S. The molecule has 0 aliphatic carbocycles. The van der Waals surface area contributed by atoms with Crippen LogP contribution in [0.4, 0.5) is 18.9 Å². The van der Waals surface area contributed by atoms with Crippen LogP contribution in [0.15, 0.2) is 35.8 Å². The molecule has 5 nitrogen and oxygen atoms in total. The second kappa shape index (κ2) is 7.82.